The van der Waals surface area contributed by atoms with Crippen LogP contribution in [0.2, 0.25) is 0 Å². The molecule has 3 rings (SSSR count). The van der Waals surface area contributed by atoms with Crippen molar-refractivity contribution < 1.29 is 19.1 Å². The molecule has 1 amide bonds. The molecule has 2 N–H and O–H groups in total. The van der Waals surface area contributed by atoms with Crippen LogP contribution in [0, 0.1) is 0 Å². The van der Waals surface area contributed by atoms with E-state index in [-0.39, 0.29) is 12.3 Å². The number of nitrogens with zero attached hydrogens (tertiary/aromatic N) is 2. The number of carboxylic acid groups (broad SMARTS) is 1. The molecular weight excluding hydrogens is 290 g/mol. The van der Waals surface area contributed by atoms with Crippen molar-refractivity contribution in [2.24, 2.45) is 0 Å². The van der Waals surface area contributed by atoms with E-state index in [0.717, 1.165) is 0 Å². The quantitative estimate of drug-likeness (QED) is 0.804. The van der Waals surface area contributed by atoms with E-state index in [1.54, 1.807) is 18.2 Å². The van der Waals surface area contributed by atoms with Gasteiger partial charge in [0.2, 0.25) is 0 Å². The van der Waals surface area contributed by atoms with Gasteiger partial charge in [-0.15, -0.1) is 0 Å². The van der Waals surface area contributed by atoms with Crippen molar-refractivity contribution in [1.29, 1.82) is 0 Å². The zero-order valence-electron chi connectivity index (χ0n) is 11.7. The predicted molar refractivity (Wildman–Crippen MR) is 77.2 cm³/mol. The van der Waals surface area contributed by atoms with Gasteiger partial charge in [-0.1, -0.05) is 0 Å². The van der Waals surface area contributed by atoms with E-state index in [0.29, 0.717) is 42.8 Å². The SMILES string of the molecule is O=C(CN1CCN(C(=O)O)CC1)c1ccc2[nH]c(=O)oc2c1. The highest BCUT2D eigenvalue weighted by atomic mass is 16.4. The number of nitrogens with one attached hydrogen (secondary N) is 1. The summed E-state index contributed by atoms with van der Waals surface area (Å²) < 4.78 is 4.94. The van der Waals surface area contributed by atoms with Gasteiger partial charge in [-0.05, 0) is 18.2 Å². The molecule has 0 aliphatic carbocycles. The summed E-state index contributed by atoms with van der Waals surface area (Å²) in [5.41, 5.74) is 1.37. The molecule has 8 nitrogen and oxygen atoms in total. The molecule has 1 aromatic heterocycles. The number of oxazole rings is 1. The lowest BCUT2D eigenvalue weighted by molar-refractivity contribution is 0.0835. The molecule has 2 heterocycles. The Kier molecular flexibility index (Phi) is 3.68. The second-order valence-electron chi connectivity index (χ2n) is 5.19. The number of aromatic amines is 1. The summed E-state index contributed by atoms with van der Waals surface area (Å²) in [6.07, 6.45) is -0.932. The second kappa shape index (κ2) is 5.64. The highest BCUT2D eigenvalue weighted by Crippen LogP contribution is 2.13. The Balaban J connectivity index is 1.66. The Labute approximate surface area is 124 Å². The molecule has 2 aromatic rings. The van der Waals surface area contributed by atoms with Gasteiger partial charge in [0.1, 0.15) is 0 Å². The van der Waals surface area contributed by atoms with Gasteiger partial charge >= 0.3 is 11.8 Å². The molecule has 8 heteroatoms. The predicted octanol–water partition coefficient (Wildman–Crippen LogP) is 0.599. The number of carbonyl (C=O) groups excluding carboxylic acids is 1. The maximum absolute atomic E-state index is 12.3. The normalized spacial score (nSPS) is 16.1. The van der Waals surface area contributed by atoms with Crippen molar-refractivity contribution in [1.82, 2.24) is 14.8 Å². The Morgan fingerprint density at radius 1 is 1.23 bits per heavy atom. The molecule has 1 aliphatic heterocycles. The molecule has 0 saturated carbocycles. The number of fused-ring (bicyclic) bond motifs is 1. The van der Waals surface area contributed by atoms with Gasteiger partial charge in [0.25, 0.3) is 0 Å². The Bertz CT molecular complexity index is 770. The van der Waals surface area contributed by atoms with E-state index in [4.69, 9.17) is 9.52 Å². The summed E-state index contributed by atoms with van der Waals surface area (Å²) in [5, 5.41) is 8.89. The number of hydrogen-bond donors (Lipinski definition) is 2. The maximum Gasteiger partial charge on any atom is 0.417 e. The fraction of sp³-hybridized carbons (Fsp3) is 0.357. The number of ketones is 1. The van der Waals surface area contributed by atoms with Crippen molar-refractivity contribution in [2.45, 2.75) is 0 Å². The molecule has 1 fully saturated rings. The molecular formula is C14H15N3O5. The van der Waals surface area contributed by atoms with Crippen LogP contribution in [0.1, 0.15) is 10.4 Å². The minimum atomic E-state index is -0.932. The Morgan fingerprint density at radius 3 is 2.64 bits per heavy atom. The van der Waals surface area contributed by atoms with Crippen molar-refractivity contribution in [3.8, 4) is 0 Å². The molecule has 0 unspecified atom stereocenters. The van der Waals surface area contributed by atoms with Crippen molar-refractivity contribution in [3.05, 3.63) is 34.3 Å². The summed E-state index contributed by atoms with van der Waals surface area (Å²) in [4.78, 5) is 40.0. The number of aromatic nitrogens is 1. The number of hydrogen-bond acceptors (Lipinski definition) is 5. The van der Waals surface area contributed by atoms with Gasteiger partial charge in [-0.3, -0.25) is 14.7 Å². The van der Waals surface area contributed by atoms with Crippen molar-refractivity contribution in [2.75, 3.05) is 32.7 Å². The molecule has 0 bridgehead atoms. The average molecular weight is 305 g/mol. The third-order valence-electron chi connectivity index (χ3n) is 3.75. The van der Waals surface area contributed by atoms with E-state index < -0.39 is 11.8 Å². The third-order valence-corrected chi connectivity index (χ3v) is 3.75. The Morgan fingerprint density at radius 2 is 1.95 bits per heavy atom. The van der Waals surface area contributed by atoms with Crippen molar-refractivity contribution >= 4 is 23.0 Å². The van der Waals surface area contributed by atoms with Crippen LogP contribution in [0.5, 0.6) is 0 Å². The van der Waals surface area contributed by atoms with Crippen LogP contribution in [0.3, 0.4) is 0 Å². The highest BCUT2D eigenvalue weighted by molar-refractivity contribution is 5.99. The lowest BCUT2D eigenvalue weighted by Gasteiger charge is -2.32. The van der Waals surface area contributed by atoms with Crippen LogP contribution in [0.25, 0.3) is 11.1 Å². The fourth-order valence-electron chi connectivity index (χ4n) is 2.51. The van der Waals surface area contributed by atoms with Gasteiger partial charge in [0.15, 0.2) is 11.4 Å². The smallest absolute Gasteiger partial charge is 0.417 e. The first-order chi connectivity index (χ1) is 10.5. The molecule has 116 valence electrons. The highest BCUT2D eigenvalue weighted by Gasteiger charge is 2.22. The maximum atomic E-state index is 12.3. The van der Waals surface area contributed by atoms with Crippen LogP contribution >= 0.6 is 0 Å². The summed E-state index contributed by atoms with van der Waals surface area (Å²) in [5.74, 6) is -0.640. The molecule has 1 aromatic carbocycles. The van der Waals surface area contributed by atoms with Gasteiger partial charge in [-0.25, -0.2) is 9.59 Å². The second-order valence-corrected chi connectivity index (χ2v) is 5.19. The zero-order chi connectivity index (χ0) is 15.7. The number of Topliss-reactive ketones (excluding diaryl/α,β-unsaturated/α-hetero) is 1. The molecule has 22 heavy (non-hydrogen) atoms. The van der Waals surface area contributed by atoms with E-state index in [1.165, 1.54) is 4.90 Å². The minimum absolute atomic E-state index is 0.0884. The molecule has 0 atom stereocenters. The zero-order valence-corrected chi connectivity index (χ0v) is 11.7. The van der Waals surface area contributed by atoms with E-state index in [1.807, 2.05) is 4.90 Å². The van der Waals surface area contributed by atoms with Crippen LogP contribution in [-0.4, -0.2) is 64.5 Å². The number of carbonyl (C=O) groups is 2. The van der Waals surface area contributed by atoms with Crippen molar-refractivity contribution in [3.63, 3.8) is 0 Å². The van der Waals surface area contributed by atoms with Gasteiger partial charge in [0.05, 0.1) is 12.1 Å². The summed E-state index contributed by atoms with van der Waals surface area (Å²) in [7, 11) is 0. The third kappa shape index (κ3) is 2.86. The number of piperazine rings is 1. The average Bonchev–Trinajstić information content (AvgIpc) is 2.86. The Hall–Kier alpha value is -2.61. The number of rotatable bonds is 3. The van der Waals surface area contributed by atoms with Crippen LogP contribution in [0.4, 0.5) is 4.79 Å². The van der Waals surface area contributed by atoms with Gasteiger partial charge < -0.3 is 14.4 Å². The van der Waals surface area contributed by atoms with E-state index in [2.05, 4.69) is 4.98 Å². The standard InChI is InChI=1S/C14H15N3O5/c18-11(8-16-3-5-17(6-4-16)14(20)21)9-1-2-10-12(7-9)22-13(19)15-10/h1-2,7H,3-6,8H2,(H,15,19)(H,20,21). The first kappa shape index (κ1) is 14.3. The fourth-order valence-corrected chi connectivity index (χ4v) is 2.51. The summed E-state index contributed by atoms with van der Waals surface area (Å²) >= 11 is 0. The lowest BCUT2D eigenvalue weighted by Crippen LogP contribution is -2.49. The van der Waals surface area contributed by atoms with E-state index in [9.17, 15) is 14.4 Å². The number of benzene rings is 1. The first-order valence-corrected chi connectivity index (χ1v) is 6.89. The first-order valence-electron chi connectivity index (χ1n) is 6.89. The molecule has 1 aliphatic rings. The van der Waals surface area contributed by atoms with Crippen LogP contribution < -0.4 is 5.76 Å². The minimum Gasteiger partial charge on any atom is -0.465 e. The molecule has 1 saturated heterocycles. The molecule has 0 radical (unpaired) electrons. The molecule has 0 spiro atoms. The number of H-pyrrole nitrogens is 1. The van der Waals surface area contributed by atoms with Gasteiger partial charge in [0, 0.05) is 31.7 Å². The summed E-state index contributed by atoms with van der Waals surface area (Å²) in [6.45, 7) is 2.06. The summed E-state index contributed by atoms with van der Waals surface area (Å²) in [6, 6.07) is 4.82. The van der Waals surface area contributed by atoms with Gasteiger partial charge in [-0.2, -0.15) is 0 Å². The van der Waals surface area contributed by atoms with Crippen LogP contribution in [0.15, 0.2) is 27.4 Å². The lowest BCUT2D eigenvalue weighted by atomic mass is 10.1. The van der Waals surface area contributed by atoms with E-state index >= 15 is 0 Å². The monoisotopic (exact) mass is 305 g/mol. The van der Waals surface area contributed by atoms with Crippen LogP contribution in [-0.2, 0) is 0 Å². The number of amides is 1. The largest absolute Gasteiger partial charge is 0.465 e. The topological polar surface area (TPSA) is 107 Å².